The number of carbonyl (C=O) groups excluding carboxylic acids is 1. The van der Waals surface area contributed by atoms with Crippen molar-refractivity contribution in [2.45, 2.75) is 53.0 Å². The first-order valence-corrected chi connectivity index (χ1v) is 7.99. The molecular weight excluding hydrogens is 272 g/mol. The fraction of sp³-hybridized carbons (Fsp3) is 0.733. The van der Waals surface area contributed by atoms with Crippen LogP contribution in [0.25, 0.3) is 0 Å². The minimum absolute atomic E-state index is 0.000174. The highest BCUT2D eigenvalue weighted by atomic mass is 32.1. The van der Waals surface area contributed by atoms with Gasteiger partial charge in [-0.1, -0.05) is 34.6 Å². The molecule has 1 atom stereocenters. The van der Waals surface area contributed by atoms with Crippen LogP contribution in [0.15, 0.2) is 5.38 Å². The predicted octanol–water partition coefficient (Wildman–Crippen LogP) is 3.29. The van der Waals surface area contributed by atoms with Crippen LogP contribution in [0.4, 0.5) is 0 Å². The van der Waals surface area contributed by atoms with Crippen LogP contribution >= 0.6 is 11.3 Å². The second-order valence-corrected chi connectivity index (χ2v) is 7.17. The lowest BCUT2D eigenvalue weighted by Gasteiger charge is -2.17. The molecule has 1 rings (SSSR count). The molecule has 0 bridgehead atoms. The third kappa shape index (κ3) is 4.87. The van der Waals surface area contributed by atoms with Gasteiger partial charge in [-0.2, -0.15) is 0 Å². The van der Waals surface area contributed by atoms with Crippen molar-refractivity contribution in [3.8, 4) is 0 Å². The Morgan fingerprint density at radius 2 is 2.10 bits per heavy atom. The molecule has 0 fully saturated rings. The van der Waals surface area contributed by atoms with Gasteiger partial charge in [0.15, 0.2) is 0 Å². The number of ether oxygens (including phenoxy) is 1. The minimum atomic E-state index is -0.468. The summed E-state index contributed by atoms with van der Waals surface area (Å²) in [5.41, 5.74) is 0.763. The highest BCUT2D eigenvalue weighted by molar-refractivity contribution is 7.09. The molecule has 1 N–H and O–H groups in total. The summed E-state index contributed by atoms with van der Waals surface area (Å²) in [6.07, 6.45) is 0. The van der Waals surface area contributed by atoms with E-state index in [2.05, 4.69) is 44.9 Å². The number of carbonyl (C=O) groups is 1. The average molecular weight is 298 g/mol. The smallest absolute Gasteiger partial charge is 0.329 e. The SMILES string of the molecule is CCOC(=O)C(NCC(C)C)c1csc(C(C)(C)C)n1. The van der Waals surface area contributed by atoms with Gasteiger partial charge in [0, 0.05) is 10.8 Å². The quantitative estimate of drug-likeness (QED) is 0.819. The van der Waals surface area contributed by atoms with Crippen molar-refractivity contribution in [1.29, 1.82) is 0 Å². The standard InChI is InChI=1S/C15H26N2O2S/c1-7-19-13(18)12(16-8-10(2)3)11-9-20-14(17-11)15(4,5)6/h9-10,12,16H,7-8H2,1-6H3. The van der Waals surface area contributed by atoms with Crippen LogP contribution in [0, 0.1) is 5.92 Å². The number of thiazole rings is 1. The molecule has 0 aliphatic rings. The Labute approximate surface area is 125 Å². The van der Waals surface area contributed by atoms with E-state index in [1.807, 2.05) is 12.3 Å². The molecule has 0 aliphatic carbocycles. The molecule has 1 unspecified atom stereocenters. The Bertz CT molecular complexity index is 435. The van der Waals surface area contributed by atoms with Gasteiger partial charge in [-0.3, -0.25) is 5.32 Å². The summed E-state index contributed by atoms with van der Waals surface area (Å²) >= 11 is 1.60. The highest BCUT2D eigenvalue weighted by Gasteiger charge is 2.27. The number of hydrogen-bond donors (Lipinski definition) is 1. The summed E-state index contributed by atoms with van der Waals surface area (Å²) in [6, 6.07) is -0.468. The van der Waals surface area contributed by atoms with Gasteiger partial charge in [-0.05, 0) is 19.4 Å². The zero-order valence-electron chi connectivity index (χ0n) is 13.3. The second kappa shape index (κ2) is 7.18. The maximum atomic E-state index is 12.1. The van der Waals surface area contributed by atoms with Crippen LogP contribution in [0.2, 0.25) is 0 Å². The molecule has 0 aliphatic heterocycles. The molecule has 1 aromatic heterocycles. The Morgan fingerprint density at radius 1 is 1.45 bits per heavy atom. The number of aromatic nitrogens is 1. The third-order valence-electron chi connectivity index (χ3n) is 2.71. The van der Waals surface area contributed by atoms with Crippen molar-refractivity contribution in [2.75, 3.05) is 13.2 Å². The first kappa shape index (κ1) is 17.1. The van der Waals surface area contributed by atoms with Gasteiger partial charge in [-0.25, -0.2) is 9.78 Å². The van der Waals surface area contributed by atoms with Crippen LogP contribution < -0.4 is 5.32 Å². The summed E-state index contributed by atoms with van der Waals surface area (Å²) < 4.78 is 5.15. The molecule has 0 saturated carbocycles. The van der Waals surface area contributed by atoms with Gasteiger partial charge < -0.3 is 4.74 Å². The summed E-state index contributed by atoms with van der Waals surface area (Å²) in [6.45, 7) is 13.5. The van der Waals surface area contributed by atoms with Gasteiger partial charge in [0.2, 0.25) is 0 Å². The largest absolute Gasteiger partial charge is 0.465 e. The summed E-state index contributed by atoms with van der Waals surface area (Å²) in [5.74, 6) is 0.214. The second-order valence-electron chi connectivity index (χ2n) is 6.31. The molecular formula is C15H26N2O2S. The zero-order valence-corrected chi connectivity index (χ0v) is 14.1. The number of nitrogens with one attached hydrogen (secondary N) is 1. The monoisotopic (exact) mass is 298 g/mol. The molecule has 1 aromatic rings. The number of hydrogen-bond acceptors (Lipinski definition) is 5. The van der Waals surface area contributed by atoms with E-state index in [0.29, 0.717) is 12.5 Å². The molecule has 0 aromatic carbocycles. The van der Waals surface area contributed by atoms with Crippen LogP contribution in [-0.2, 0) is 14.9 Å². The highest BCUT2D eigenvalue weighted by Crippen LogP contribution is 2.28. The van der Waals surface area contributed by atoms with Crippen molar-refractivity contribution in [2.24, 2.45) is 5.92 Å². The van der Waals surface area contributed by atoms with Gasteiger partial charge in [0.05, 0.1) is 17.3 Å². The molecule has 114 valence electrons. The maximum Gasteiger partial charge on any atom is 0.329 e. The molecule has 0 spiro atoms. The minimum Gasteiger partial charge on any atom is -0.465 e. The van der Waals surface area contributed by atoms with Crippen molar-refractivity contribution in [3.05, 3.63) is 16.1 Å². The summed E-state index contributed by atoms with van der Waals surface area (Å²) in [4.78, 5) is 16.7. The zero-order chi connectivity index (χ0) is 15.3. The average Bonchev–Trinajstić information content (AvgIpc) is 2.78. The number of esters is 1. The van der Waals surface area contributed by atoms with Crippen LogP contribution in [0.5, 0.6) is 0 Å². The van der Waals surface area contributed by atoms with Gasteiger partial charge >= 0.3 is 5.97 Å². The van der Waals surface area contributed by atoms with E-state index in [4.69, 9.17) is 4.74 Å². The van der Waals surface area contributed by atoms with Crippen molar-refractivity contribution in [3.63, 3.8) is 0 Å². The van der Waals surface area contributed by atoms with E-state index < -0.39 is 6.04 Å². The van der Waals surface area contributed by atoms with Crippen molar-refractivity contribution in [1.82, 2.24) is 10.3 Å². The summed E-state index contributed by atoms with van der Waals surface area (Å²) in [7, 11) is 0. The van der Waals surface area contributed by atoms with Crippen LogP contribution in [0.1, 0.15) is 58.3 Å². The number of nitrogens with zero attached hydrogens (tertiary/aromatic N) is 1. The molecule has 0 amide bonds. The topological polar surface area (TPSA) is 51.2 Å². The van der Waals surface area contributed by atoms with E-state index in [1.54, 1.807) is 11.3 Å². The molecule has 0 saturated heterocycles. The normalized spacial score (nSPS) is 13.6. The molecule has 20 heavy (non-hydrogen) atoms. The molecule has 0 radical (unpaired) electrons. The lowest BCUT2D eigenvalue weighted by molar-refractivity contribution is -0.146. The Kier molecular flexibility index (Phi) is 6.14. The van der Waals surface area contributed by atoms with Gasteiger partial charge in [0.1, 0.15) is 6.04 Å². The Hall–Kier alpha value is -0.940. The summed E-state index contributed by atoms with van der Waals surface area (Å²) in [5, 5.41) is 6.24. The molecule has 4 nitrogen and oxygen atoms in total. The van der Waals surface area contributed by atoms with Crippen LogP contribution in [0.3, 0.4) is 0 Å². The lowest BCUT2D eigenvalue weighted by Crippen LogP contribution is -2.33. The van der Waals surface area contributed by atoms with Gasteiger partial charge in [0.25, 0.3) is 0 Å². The Balaban J connectivity index is 2.92. The van der Waals surface area contributed by atoms with Crippen LogP contribution in [-0.4, -0.2) is 24.1 Å². The fourth-order valence-electron chi connectivity index (χ4n) is 1.65. The van der Waals surface area contributed by atoms with E-state index in [-0.39, 0.29) is 11.4 Å². The van der Waals surface area contributed by atoms with E-state index >= 15 is 0 Å². The van der Waals surface area contributed by atoms with E-state index in [1.165, 1.54) is 0 Å². The molecule has 1 heterocycles. The van der Waals surface area contributed by atoms with Gasteiger partial charge in [-0.15, -0.1) is 11.3 Å². The van der Waals surface area contributed by atoms with Crippen molar-refractivity contribution >= 4 is 17.3 Å². The predicted molar refractivity (Wildman–Crippen MR) is 83.0 cm³/mol. The maximum absolute atomic E-state index is 12.1. The van der Waals surface area contributed by atoms with E-state index in [0.717, 1.165) is 17.2 Å². The van der Waals surface area contributed by atoms with Crippen molar-refractivity contribution < 1.29 is 9.53 Å². The molecule has 5 heteroatoms. The third-order valence-corrected chi connectivity index (χ3v) is 4.00. The number of rotatable bonds is 6. The fourth-order valence-corrected chi connectivity index (χ4v) is 2.58. The lowest BCUT2D eigenvalue weighted by atomic mass is 9.98. The Morgan fingerprint density at radius 3 is 2.55 bits per heavy atom. The first-order valence-electron chi connectivity index (χ1n) is 7.11. The van der Waals surface area contributed by atoms with E-state index in [9.17, 15) is 4.79 Å². The first-order chi connectivity index (χ1) is 9.25.